The van der Waals surface area contributed by atoms with Crippen LogP contribution < -0.4 is 20.1 Å². The number of rotatable bonds is 8. The molecule has 0 saturated carbocycles. The topological polar surface area (TPSA) is 75.1 Å². The Labute approximate surface area is 173 Å². The Balaban J connectivity index is 2.03. The summed E-state index contributed by atoms with van der Waals surface area (Å²) in [6.07, 6.45) is -5.22. The van der Waals surface area contributed by atoms with E-state index in [2.05, 4.69) is 15.6 Å². The second-order valence-corrected chi connectivity index (χ2v) is 6.43. The maximum atomic E-state index is 12.7. The summed E-state index contributed by atoms with van der Waals surface area (Å²) in [6.45, 7) is 2.83. The zero-order valence-electron chi connectivity index (χ0n) is 17.1. The fourth-order valence-electron chi connectivity index (χ4n) is 2.64. The first kappa shape index (κ1) is 23.3. The molecule has 164 valence electrons. The second-order valence-electron chi connectivity index (χ2n) is 6.43. The minimum absolute atomic E-state index is 0.162. The molecule has 6 nitrogen and oxygen atoms in total. The van der Waals surface area contributed by atoms with Gasteiger partial charge in [0.25, 0.3) is 0 Å². The fraction of sp³-hybridized carbons (Fsp3) is 0.381. The van der Waals surface area contributed by atoms with Crippen molar-refractivity contribution in [3.8, 4) is 11.5 Å². The Morgan fingerprint density at radius 2 is 1.63 bits per heavy atom. The summed E-state index contributed by atoms with van der Waals surface area (Å²) in [5.41, 5.74) is 0.549. The number of hydrogen-bond acceptors (Lipinski definition) is 4. The average Bonchev–Trinajstić information content (AvgIpc) is 2.74. The van der Waals surface area contributed by atoms with E-state index in [1.54, 1.807) is 18.2 Å². The summed E-state index contributed by atoms with van der Waals surface area (Å²) < 4.78 is 48.4. The van der Waals surface area contributed by atoms with Crippen LogP contribution in [0.3, 0.4) is 0 Å². The molecule has 0 spiro atoms. The van der Waals surface area contributed by atoms with Gasteiger partial charge in [0.05, 0.1) is 32.4 Å². The van der Waals surface area contributed by atoms with Gasteiger partial charge in [0.15, 0.2) is 5.96 Å². The molecule has 0 aliphatic rings. The van der Waals surface area contributed by atoms with Crippen LogP contribution in [0, 0.1) is 0 Å². The number of guanidine groups is 1. The Morgan fingerprint density at radius 1 is 1.03 bits per heavy atom. The summed E-state index contributed by atoms with van der Waals surface area (Å²) in [7, 11) is 3.06. The molecule has 30 heavy (non-hydrogen) atoms. The summed E-state index contributed by atoms with van der Waals surface area (Å²) in [4.78, 5) is 4.36. The van der Waals surface area contributed by atoms with E-state index in [0.29, 0.717) is 35.1 Å². The smallest absolute Gasteiger partial charge is 0.416 e. The molecule has 0 aromatic heterocycles. The van der Waals surface area contributed by atoms with Crippen molar-refractivity contribution in [1.29, 1.82) is 0 Å². The minimum atomic E-state index is -4.36. The molecule has 2 rings (SSSR count). The van der Waals surface area contributed by atoms with Gasteiger partial charge in [-0.3, -0.25) is 0 Å². The van der Waals surface area contributed by atoms with Gasteiger partial charge in [0, 0.05) is 19.2 Å². The van der Waals surface area contributed by atoms with Crippen molar-refractivity contribution in [2.24, 2.45) is 4.99 Å². The van der Waals surface area contributed by atoms with Gasteiger partial charge >= 0.3 is 6.18 Å². The molecular weight excluding hydrogens is 399 g/mol. The van der Waals surface area contributed by atoms with E-state index in [-0.39, 0.29) is 13.1 Å². The number of ether oxygens (including phenoxy) is 2. The van der Waals surface area contributed by atoms with Crippen LogP contribution in [0.25, 0.3) is 0 Å². The third kappa shape index (κ3) is 6.84. The third-order valence-electron chi connectivity index (χ3n) is 4.27. The fourth-order valence-corrected chi connectivity index (χ4v) is 2.64. The van der Waals surface area contributed by atoms with Crippen LogP contribution in [0.15, 0.2) is 47.5 Å². The molecule has 2 aromatic carbocycles. The van der Waals surface area contributed by atoms with Crippen LogP contribution in [0.5, 0.6) is 11.5 Å². The van der Waals surface area contributed by atoms with Crippen LogP contribution in [-0.2, 0) is 12.7 Å². The van der Waals surface area contributed by atoms with Gasteiger partial charge in [-0.05, 0) is 42.3 Å². The number of nitrogens with zero attached hydrogens (tertiary/aromatic N) is 1. The van der Waals surface area contributed by atoms with Gasteiger partial charge < -0.3 is 25.2 Å². The number of aliphatic hydroxyl groups excluding tert-OH is 1. The Hall–Kier alpha value is -2.94. The van der Waals surface area contributed by atoms with Crippen molar-refractivity contribution in [3.05, 3.63) is 59.2 Å². The number of alkyl halides is 3. The Bertz CT molecular complexity index is 817. The Morgan fingerprint density at radius 3 is 2.13 bits per heavy atom. The molecule has 0 aliphatic heterocycles. The highest BCUT2D eigenvalue weighted by atomic mass is 19.4. The molecule has 0 radical (unpaired) electrons. The third-order valence-corrected chi connectivity index (χ3v) is 4.27. The summed E-state index contributed by atoms with van der Waals surface area (Å²) >= 11 is 0. The second kappa shape index (κ2) is 10.7. The van der Waals surface area contributed by atoms with E-state index in [1.807, 2.05) is 6.92 Å². The average molecular weight is 425 g/mol. The SMILES string of the molecule is CCNC(=NCc1ccc(C(F)(F)F)cc1)NCC(O)c1cc(OC)cc(OC)c1. The first-order chi connectivity index (χ1) is 14.3. The highest BCUT2D eigenvalue weighted by molar-refractivity contribution is 5.79. The predicted octanol–water partition coefficient (Wildman–Crippen LogP) is 3.51. The van der Waals surface area contributed by atoms with Crippen molar-refractivity contribution in [3.63, 3.8) is 0 Å². The summed E-state index contributed by atoms with van der Waals surface area (Å²) in [5.74, 6) is 1.56. The van der Waals surface area contributed by atoms with E-state index >= 15 is 0 Å². The molecule has 9 heteroatoms. The predicted molar refractivity (Wildman–Crippen MR) is 109 cm³/mol. The molecule has 0 heterocycles. The first-order valence-corrected chi connectivity index (χ1v) is 9.36. The number of aliphatic imine (C=N–C) groups is 1. The molecule has 0 fully saturated rings. The normalized spacial score (nSPS) is 13.0. The largest absolute Gasteiger partial charge is 0.497 e. The number of halogens is 3. The molecule has 1 unspecified atom stereocenters. The van der Waals surface area contributed by atoms with Crippen molar-refractivity contribution in [2.45, 2.75) is 25.7 Å². The highest BCUT2D eigenvalue weighted by Gasteiger charge is 2.29. The zero-order valence-corrected chi connectivity index (χ0v) is 17.1. The number of aliphatic hydroxyl groups is 1. The number of hydrogen-bond donors (Lipinski definition) is 3. The van der Waals surface area contributed by atoms with E-state index in [4.69, 9.17) is 9.47 Å². The molecule has 2 aromatic rings. The van der Waals surface area contributed by atoms with Gasteiger partial charge in [0.2, 0.25) is 0 Å². The molecule has 1 atom stereocenters. The van der Waals surface area contributed by atoms with Crippen LogP contribution in [0.2, 0.25) is 0 Å². The standard InChI is InChI=1S/C21H26F3N3O3/c1-4-25-20(26-12-14-5-7-16(8-6-14)21(22,23)24)27-13-19(28)15-9-17(29-2)11-18(10-15)30-3/h5-11,19,28H,4,12-13H2,1-3H3,(H2,25,26,27). The molecule has 0 bridgehead atoms. The summed E-state index contributed by atoms with van der Waals surface area (Å²) in [5, 5.41) is 16.6. The van der Waals surface area contributed by atoms with Crippen molar-refractivity contribution >= 4 is 5.96 Å². The lowest BCUT2D eigenvalue weighted by molar-refractivity contribution is -0.137. The maximum absolute atomic E-state index is 12.7. The lowest BCUT2D eigenvalue weighted by Crippen LogP contribution is -2.39. The first-order valence-electron chi connectivity index (χ1n) is 9.36. The number of benzene rings is 2. The van der Waals surface area contributed by atoms with Gasteiger partial charge in [-0.2, -0.15) is 13.2 Å². The molecular formula is C21H26F3N3O3. The van der Waals surface area contributed by atoms with Crippen LogP contribution >= 0.6 is 0 Å². The Kier molecular flexibility index (Phi) is 8.35. The minimum Gasteiger partial charge on any atom is -0.497 e. The van der Waals surface area contributed by atoms with E-state index in [0.717, 1.165) is 12.1 Å². The molecule has 3 N–H and O–H groups in total. The number of methoxy groups -OCH3 is 2. The number of nitrogens with one attached hydrogen (secondary N) is 2. The van der Waals surface area contributed by atoms with Crippen molar-refractivity contribution < 1.29 is 27.8 Å². The lowest BCUT2D eigenvalue weighted by Gasteiger charge is -2.17. The lowest BCUT2D eigenvalue weighted by atomic mass is 10.1. The summed E-state index contributed by atoms with van der Waals surface area (Å²) in [6, 6.07) is 9.98. The van der Waals surface area contributed by atoms with Crippen LogP contribution in [0.4, 0.5) is 13.2 Å². The molecule has 0 amide bonds. The monoisotopic (exact) mass is 425 g/mol. The van der Waals surface area contributed by atoms with E-state index in [9.17, 15) is 18.3 Å². The highest BCUT2D eigenvalue weighted by Crippen LogP contribution is 2.29. The maximum Gasteiger partial charge on any atom is 0.416 e. The van der Waals surface area contributed by atoms with E-state index < -0.39 is 17.8 Å². The van der Waals surface area contributed by atoms with Gasteiger partial charge in [-0.15, -0.1) is 0 Å². The van der Waals surface area contributed by atoms with Crippen LogP contribution in [-0.4, -0.2) is 38.4 Å². The van der Waals surface area contributed by atoms with E-state index in [1.165, 1.54) is 26.4 Å². The zero-order chi connectivity index (χ0) is 22.1. The van der Waals surface area contributed by atoms with Gasteiger partial charge in [-0.25, -0.2) is 4.99 Å². The molecule has 0 saturated heterocycles. The quantitative estimate of drug-likeness (QED) is 0.446. The van der Waals surface area contributed by atoms with Gasteiger partial charge in [0.1, 0.15) is 11.5 Å². The van der Waals surface area contributed by atoms with Crippen LogP contribution in [0.1, 0.15) is 29.7 Å². The van der Waals surface area contributed by atoms with Crippen molar-refractivity contribution in [1.82, 2.24) is 10.6 Å². The van der Waals surface area contributed by atoms with Crippen molar-refractivity contribution in [2.75, 3.05) is 27.3 Å². The molecule has 0 aliphatic carbocycles. The van der Waals surface area contributed by atoms with Gasteiger partial charge in [-0.1, -0.05) is 12.1 Å².